The summed E-state index contributed by atoms with van der Waals surface area (Å²) in [5.74, 6) is -2.18. The Labute approximate surface area is 113 Å². The van der Waals surface area contributed by atoms with E-state index in [0.717, 1.165) is 29.5 Å². The Bertz CT molecular complexity index is 615. The summed E-state index contributed by atoms with van der Waals surface area (Å²) in [7, 11) is 0. The lowest BCUT2D eigenvalue weighted by Gasteiger charge is -1.98. The zero-order valence-corrected chi connectivity index (χ0v) is 11.2. The van der Waals surface area contributed by atoms with Gasteiger partial charge in [-0.3, -0.25) is 4.79 Å². The molecule has 1 N–H and O–H groups in total. The molecule has 7 heteroatoms. The van der Waals surface area contributed by atoms with Gasteiger partial charge in [-0.25, -0.2) is 13.8 Å². The van der Waals surface area contributed by atoms with Crippen LogP contribution in [0.15, 0.2) is 22.8 Å². The Morgan fingerprint density at radius 1 is 1.44 bits per heavy atom. The molecule has 0 amide bonds. The van der Waals surface area contributed by atoms with Crippen molar-refractivity contribution in [1.82, 2.24) is 4.98 Å². The third kappa shape index (κ3) is 2.73. The van der Waals surface area contributed by atoms with Gasteiger partial charge < -0.3 is 5.11 Å². The molecule has 0 radical (unpaired) electrons. The van der Waals surface area contributed by atoms with Gasteiger partial charge in [-0.15, -0.1) is 11.3 Å². The van der Waals surface area contributed by atoms with Crippen LogP contribution in [0, 0.1) is 11.6 Å². The van der Waals surface area contributed by atoms with Crippen LogP contribution in [0.5, 0.6) is 0 Å². The number of nitrogens with zero attached hydrogens (tertiary/aromatic N) is 1. The molecule has 0 atom stereocenters. The summed E-state index contributed by atoms with van der Waals surface area (Å²) in [5.41, 5.74) is 0.0253. The molecule has 0 bridgehead atoms. The van der Waals surface area contributed by atoms with Gasteiger partial charge >= 0.3 is 5.97 Å². The third-order valence-electron chi connectivity index (χ3n) is 2.12. The first-order valence-electron chi connectivity index (χ1n) is 4.80. The molecule has 0 fully saturated rings. The Morgan fingerprint density at radius 3 is 2.83 bits per heavy atom. The first-order valence-corrected chi connectivity index (χ1v) is 6.40. The van der Waals surface area contributed by atoms with Crippen molar-refractivity contribution < 1.29 is 18.7 Å². The normalized spacial score (nSPS) is 10.6. The molecule has 0 spiro atoms. The minimum absolute atomic E-state index is 0.0253. The lowest BCUT2D eigenvalue weighted by molar-refractivity contribution is -0.136. The molecule has 0 aliphatic carbocycles. The largest absolute Gasteiger partial charge is 0.481 e. The van der Waals surface area contributed by atoms with Crippen LogP contribution in [-0.2, 0) is 11.2 Å². The van der Waals surface area contributed by atoms with E-state index in [4.69, 9.17) is 5.11 Å². The monoisotopic (exact) mass is 333 g/mol. The van der Waals surface area contributed by atoms with E-state index in [9.17, 15) is 13.6 Å². The summed E-state index contributed by atoms with van der Waals surface area (Å²) in [4.78, 5) is 15.1. The number of hydrogen-bond donors (Lipinski definition) is 1. The van der Waals surface area contributed by atoms with Crippen molar-refractivity contribution >= 4 is 33.2 Å². The van der Waals surface area contributed by atoms with Crippen molar-refractivity contribution in [3.8, 4) is 10.6 Å². The van der Waals surface area contributed by atoms with Crippen molar-refractivity contribution in [1.29, 1.82) is 0 Å². The van der Waals surface area contributed by atoms with Gasteiger partial charge in [0.1, 0.15) is 21.2 Å². The predicted molar refractivity (Wildman–Crippen MR) is 66.5 cm³/mol. The molecule has 3 nitrogen and oxygen atoms in total. The second-order valence-electron chi connectivity index (χ2n) is 3.43. The number of rotatable bonds is 3. The van der Waals surface area contributed by atoms with Gasteiger partial charge in [0.05, 0.1) is 11.3 Å². The van der Waals surface area contributed by atoms with Gasteiger partial charge in [0.15, 0.2) is 0 Å². The highest BCUT2D eigenvalue weighted by Crippen LogP contribution is 2.33. The molecule has 0 aliphatic heterocycles. The number of hydrogen-bond acceptors (Lipinski definition) is 3. The number of benzene rings is 1. The molecule has 2 aromatic rings. The maximum absolute atomic E-state index is 13.5. The van der Waals surface area contributed by atoms with Crippen LogP contribution in [0.2, 0.25) is 0 Å². The highest BCUT2D eigenvalue weighted by atomic mass is 79.9. The molecule has 1 aromatic carbocycles. The fraction of sp³-hybridized carbons (Fsp3) is 0.0909. The summed E-state index contributed by atoms with van der Waals surface area (Å²) in [6, 6.07) is 3.06. The molecule has 0 unspecified atom stereocenters. The Balaban J connectivity index is 2.45. The molecule has 1 aromatic heterocycles. The van der Waals surface area contributed by atoms with Crippen molar-refractivity contribution in [2.45, 2.75) is 6.42 Å². The lowest BCUT2D eigenvalue weighted by atomic mass is 10.2. The van der Waals surface area contributed by atoms with E-state index in [1.807, 2.05) is 0 Å². The average Bonchev–Trinajstić information content (AvgIpc) is 2.63. The van der Waals surface area contributed by atoms with E-state index in [0.29, 0.717) is 9.48 Å². The van der Waals surface area contributed by atoms with Crippen LogP contribution in [0.1, 0.15) is 4.88 Å². The minimum atomic E-state index is -1.01. The SMILES string of the molecule is O=C(O)Cc1sc(-c2cc(F)ccc2F)nc1Br. The lowest BCUT2D eigenvalue weighted by Crippen LogP contribution is -1.98. The van der Waals surface area contributed by atoms with Gasteiger partial charge in [-0.2, -0.15) is 0 Å². The van der Waals surface area contributed by atoms with Crippen LogP contribution >= 0.6 is 27.3 Å². The zero-order valence-electron chi connectivity index (χ0n) is 8.78. The smallest absolute Gasteiger partial charge is 0.308 e. The number of carbonyl (C=O) groups is 1. The minimum Gasteiger partial charge on any atom is -0.481 e. The Morgan fingerprint density at radius 2 is 2.17 bits per heavy atom. The zero-order chi connectivity index (χ0) is 13.3. The van der Waals surface area contributed by atoms with E-state index >= 15 is 0 Å². The van der Waals surface area contributed by atoms with Crippen LogP contribution < -0.4 is 0 Å². The Kier molecular flexibility index (Phi) is 3.72. The molecular formula is C11H6BrF2NO2S. The summed E-state index contributed by atoms with van der Waals surface area (Å²) in [6.45, 7) is 0. The summed E-state index contributed by atoms with van der Waals surface area (Å²) < 4.78 is 26.9. The fourth-order valence-corrected chi connectivity index (χ4v) is 3.00. The van der Waals surface area contributed by atoms with E-state index in [-0.39, 0.29) is 17.0 Å². The van der Waals surface area contributed by atoms with E-state index < -0.39 is 17.6 Å². The molecular weight excluding hydrogens is 328 g/mol. The topological polar surface area (TPSA) is 50.2 Å². The second kappa shape index (κ2) is 5.11. The molecule has 2 rings (SSSR count). The molecule has 0 aliphatic rings. The molecule has 0 saturated heterocycles. The number of aliphatic carboxylic acids is 1. The fourth-order valence-electron chi connectivity index (χ4n) is 1.36. The first kappa shape index (κ1) is 13.1. The number of thiazole rings is 1. The van der Waals surface area contributed by atoms with Crippen molar-refractivity contribution in [2.24, 2.45) is 0 Å². The molecule has 1 heterocycles. The van der Waals surface area contributed by atoms with Crippen LogP contribution in [-0.4, -0.2) is 16.1 Å². The molecule has 18 heavy (non-hydrogen) atoms. The van der Waals surface area contributed by atoms with Crippen LogP contribution in [0.4, 0.5) is 8.78 Å². The van der Waals surface area contributed by atoms with Crippen LogP contribution in [0.25, 0.3) is 10.6 Å². The second-order valence-corrected chi connectivity index (χ2v) is 5.26. The van der Waals surface area contributed by atoms with E-state index in [1.165, 1.54) is 0 Å². The number of carboxylic acids is 1. The highest BCUT2D eigenvalue weighted by Gasteiger charge is 2.16. The molecule has 94 valence electrons. The molecule has 0 saturated carbocycles. The standard InChI is InChI=1S/C11H6BrF2NO2S/c12-10-8(4-9(16)17)18-11(15-10)6-3-5(13)1-2-7(6)14/h1-3H,4H2,(H,16,17). The van der Waals surface area contributed by atoms with Crippen molar-refractivity contribution in [3.63, 3.8) is 0 Å². The van der Waals surface area contributed by atoms with Gasteiger partial charge in [0, 0.05) is 5.56 Å². The quantitative estimate of drug-likeness (QED) is 0.935. The highest BCUT2D eigenvalue weighted by molar-refractivity contribution is 9.10. The van der Waals surface area contributed by atoms with Gasteiger partial charge in [-0.05, 0) is 34.1 Å². The van der Waals surface area contributed by atoms with Gasteiger partial charge in [-0.1, -0.05) is 0 Å². The maximum atomic E-state index is 13.5. The number of halogens is 3. The van der Waals surface area contributed by atoms with Crippen LogP contribution in [0.3, 0.4) is 0 Å². The maximum Gasteiger partial charge on any atom is 0.308 e. The van der Waals surface area contributed by atoms with E-state index in [1.54, 1.807) is 0 Å². The Hall–Kier alpha value is -1.34. The van der Waals surface area contributed by atoms with Gasteiger partial charge in [0.25, 0.3) is 0 Å². The van der Waals surface area contributed by atoms with Crippen molar-refractivity contribution in [2.75, 3.05) is 0 Å². The average molecular weight is 334 g/mol. The summed E-state index contributed by atoms with van der Waals surface area (Å²) in [5, 5.41) is 8.94. The number of aromatic nitrogens is 1. The van der Waals surface area contributed by atoms with Crippen molar-refractivity contribution in [3.05, 3.63) is 39.3 Å². The first-order chi connectivity index (χ1) is 8.47. The van der Waals surface area contributed by atoms with Gasteiger partial charge in [0.2, 0.25) is 0 Å². The summed E-state index contributed by atoms with van der Waals surface area (Å²) in [6.07, 6.45) is -0.213. The van der Waals surface area contributed by atoms with E-state index in [2.05, 4.69) is 20.9 Å². The third-order valence-corrected chi connectivity index (χ3v) is 4.13. The summed E-state index contributed by atoms with van der Waals surface area (Å²) >= 11 is 4.12. The number of carboxylic acid groups (broad SMARTS) is 1. The predicted octanol–water partition coefficient (Wildman–Crippen LogP) is 3.48.